The Morgan fingerprint density at radius 3 is 1.44 bits per heavy atom. The zero-order chi connectivity index (χ0) is 37.8. The highest BCUT2D eigenvalue weighted by Gasteiger charge is 2.63. The number of hydrogen-bond donors (Lipinski definition) is 0. The summed E-state index contributed by atoms with van der Waals surface area (Å²) < 4.78 is 54.2. The summed E-state index contributed by atoms with van der Waals surface area (Å²) in [5.74, 6) is 0. The fourth-order valence-electron chi connectivity index (χ4n) is 7.86. The van der Waals surface area contributed by atoms with E-state index in [4.69, 9.17) is 22.6 Å². The molecule has 0 N–H and O–H groups in total. The largest absolute Gasteiger partial charge is 0.404 e. The van der Waals surface area contributed by atoms with Crippen LogP contribution in [0, 0.1) is 0 Å². The second-order valence-electron chi connectivity index (χ2n) is 15.7. The van der Waals surface area contributed by atoms with Crippen LogP contribution in [0.25, 0.3) is 0 Å². The first kappa shape index (κ1) is 39.8. The van der Waals surface area contributed by atoms with Crippen LogP contribution in [0.5, 0.6) is 0 Å². The van der Waals surface area contributed by atoms with Crippen LogP contribution < -0.4 is 20.7 Å². The maximum Gasteiger partial charge on any atom is 0.264 e. The molecule has 1 aliphatic heterocycles. The lowest BCUT2D eigenvalue weighted by atomic mass is 9.90. The maximum absolute atomic E-state index is 13.0. The molecule has 8 nitrogen and oxygen atoms in total. The van der Waals surface area contributed by atoms with Crippen molar-refractivity contribution in [3.05, 3.63) is 121 Å². The number of oxime groups is 1. The van der Waals surface area contributed by atoms with Gasteiger partial charge in [0.2, 0.25) is 0 Å². The third-order valence-corrected chi connectivity index (χ3v) is 20.6. The van der Waals surface area contributed by atoms with Gasteiger partial charge in [0.25, 0.3) is 26.8 Å². The molecule has 276 valence electrons. The van der Waals surface area contributed by atoms with Gasteiger partial charge in [0.15, 0.2) is 12.2 Å². The second-order valence-corrected chi connectivity index (χ2v) is 25.9. The number of benzene rings is 4. The van der Waals surface area contributed by atoms with Crippen molar-refractivity contribution in [1.29, 1.82) is 0 Å². The molecule has 1 saturated heterocycles. The minimum Gasteiger partial charge on any atom is -0.404 e. The van der Waals surface area contributed by atoms with Crippen molar-refractivity contribution in [2.45, 2.75) is 75.4 Å². The van der Waals surface area contributed by atoms with E-state index >= 15 is 0 Å². The zero-order valence-corrected chi connectivity index (χ0v) is 34.4. The molecule has 0 bridgehead atoms. The third kappa shape index (κ3) is 7.79. The van der Waals surface area contributed by atoms with Gasteiger partial charge in [-0.1, -0.05) is 163 Å². The van der Waals surface area contributed by atoms with Crippen molar-refractivity contribution in [2.75, 3.05) is 19.5 Å². The summed E-state index contributed by atoms with van der Waals surface area (Å²) in [6, 6.07) is 40.3. The summed E-state index contributed by atoms with van der Waals surface area (Å²) in [5.41, 5.74) is -1.38. The van der Waals surface area contributed by atoms with Gasteiger partial charge in [0, 0.05) is 6.72 Å². The topological polar surface area (TPSA) is 92.7 Å². The van der Waals surface area contributed by atoms with Crippen LogP contribution in [-0.2, 0) is 32.7 Å². The molecular formula is C40H52BNO7SSi2. The van der Waals surface area contributed by atoms with Crippen LogP contribution in [0.15, 0.2) is 126 Å². The van der Waals surface area contributed by atoms with Crippen LogP contribution in [0.3, 0.4) is 0 Å². The molecule has 4 aromatic carbocycles. The van der Waals surface area contributed by atoms with E-state index in [1.54, 1.807) is 0 Å². The molecule has 0 spiro atoms. The van der Waals surface area contributed by atoms with Crippen LogP contribution >= 0.6 is 0 Å². The molecule has 0 unspecified atom stereocenters. The standard InChI is InChI=1S/C40H52BNO7SSi2/c1-38(2,3)51(31-21-13-9-14-22-31,32-23-15-10-16-24-32)46-30-40(29-45-42-7)36(35(37(41)47-40)48-50(8,43)44)49-52(39(4,5)6,33-25-17-11-18-26-33)34-27-19-12-20-28-34/h9-28,35-37H,7,29-30,41H2,1-6,8H3/t35-,36-,37+,40+/m0/s1. The van der Waals surface area contributed by atoms with E-state index < -0.39 is 55.6 Å². The van der Waals surface area contributed by atoms with Crippen LogP contribution in [-0.4, -0.2) is 82.9 Å². The Kier molecular flexibility index (Phi) is 11.9. The first-order valence-corrected chi connectivity index (χ1v) is 23.3. The lowest BCUT2D eigenvalue weighted by Gasteiger charge is -2.49. The van der Waals surface area contributed by atoms with Gasteiger partial charge in [-0.3, -0.25) is 4.18 Å². The summed E-state index contributed by atoms with van der Waals surface area (Å²) in [5, 5.41) is 7.23. The molecule has 0 saturated carbocycles. The van der Waals surface area contributed by atoms with Crippen LogP contribution in [0.4, 0.5) is 0 Å². The van der Waals surface area contributed by atoms with Gasteiger partial charge in [-0.15, -0.1) is 5.16 Å². The van der Waals surface area contributed by atoms with E-state index in [9.17, 15) is 8.42 Å². The number of ether oxygens (including phenoxy) is 1. The van der Waals surface area contributed by atoms with E-state index in [1.807, 2.05) is 80.6 Å². The minimum atomic E-state index is -3.97. The normalized spacial score (nSPS) is 21.5. The first-order valence-electron chi connectivity index (χ1n) is 17.7. The summed E-state index contributed by atoms with van der Waals surface area (Å²) in [4.78, 5) is 5.81. The maximum atomic E-state index is 13.0. The number of hydrogen-bond acceptors (Lipinski definition) is 8. The molecular weight excluding hydrogens is 705 g/mol. The second kappa shape index (κ2) is 15.5. The van der Waals surface area contributed by atoms with Crippen molar-refractivity contribution < 1.29 is 31.0 Å². The highest BCUT2D eigenvalue weighted by Crippen LogP contribution is 2.45. The lowest BCUT2D eigenvalue weighted by molar-refractivity contribution is -0.131. The monoisotopic (exact) mass is 757 g/mol. The number of rotatable bonds is 14. The van der Waals surface area contributed by atoms with Gasteiger partial charge in [0.1, 0.15) is 20.1 Å². The van der Waals surface area contributed by atoms with Gasteiger partial charge in [-0.05, 0) is 30.8 Å². The average Bonchev–Trinajstić information content (AvgIpc) is 3.35. The SMILES string of the molecule is B[C@@H]1O[C@](CON=C)(CO[Si](c2ccccc2)(c2ccccc2)C(C)(C)C)[C@@H](O[Si](c2ccccc2)(c2ccccc2)C(C)(C)C)[C@@H]1OS(C)(=O)=O. The third-order valence-electron chi connectivity index (χ3n) is 10.1. The van der Waals surface area contributed by atoms with Crippen LogP contribution in [0.1, 0.15) is 41.5 Å². The average molecular weight is 758 g/mol. The molecule has 1 fully saturated rings. The lowest BCUT2D eigenvalue weighted by Crippen LogP contribution is -2.72. The molecule has 4 aromatic rings. The van der Waals surface area contributed by atoms with Crippen LogP contribution in [0.2, 0.25) is 10.1 Å². The van der Waals surface area contributed by atoms with Gasteiger partial charge >= 0.3 is 0 Å². The predicted octanol–water partition coefficient (Wildman–Crippen LogP) is 4.21. The molecule has 1 heterocycles. The van der Waals surface area contributed by atoms with E-state index in [1.165, 1.54) is 0 Å². The summed E-state index contributed by atoms with van der Waals surface area (Å²) in [7, 11) is -8.62. The minimum absolute atomic E-state index is 0.00731. The van der Waals surface area contributed by atoms with E-state index in [0.717, 1.165) is 27.0 Å². The van der Waals surface area contributed by atoms with Crippen molar-refractivity contribution >= 4 is 62.1 Å². The summed E-state index contributed by atoms with van der Waals surface area (Å²) >= 11 is 0. The molecule has 52 heavy (non-hydrogen) atoms. The molecule has 0 radical (unpaired) electrons. The molecule has 1 aliphatic rings. The fraction of sp³-hybridized carbons (Fsp3) is 0.375. The zero-order valence-electron chi connectivity index (χ0n) is 31.6. The predicted molar refractivity (Wildman–Crippen MR) is 217 cm³/mol. The molecule has 12 heteroatoms. The summed E-state index contributed by atoms with van der Waals surface area (Å²) in [6.07, 6.45) is -0.961. The number of nitrogens with zero attached hydrogens (tertiary/aromatic N) is 1. The van der Waals surface area contributed by atoms with Crippen molar-refractivity contribution in [3.63, 3.8) is 0 Å². The molecule has 0 aliphatic carbocycles. The highest BCUT2D eigenvalue weighted by atomic mass is 32.2. The Morgan fingerprint density at radius 2 is 1.10 bits per heavy atom. The molecule has 0 amide bonds. The smallest absolute Gasteiger partial charge is 0.264 e. The van der Waals surface area contributed by atoms with Crippen molar-refractivity contribution in [2.24, 2.45) is 5.16 Å². The van der Waals surface area contributed by atoms with E-state index in [0.29, 0.717) is 0 Å². The Bertz CT molecular complexity index is 1800. The quantitative estimate of drug-likeness (QED) is 0.0825. The molecule has 0 aromatic heterocycles. The Hall–Kier alpha value is -3.36. The van der Waals surface area contributed by atoms with Gasteiger partial charge in [-0.2, -0.15) is 8.42 Å². The molecule has 4 atom stereocenters. The highest BCUT2D eigenvalue weighted by molar-refractivity contribution is 7.86. The van der Waals surface area contributed by atoms with Gasteiger partial charge in [0.05, 0.1) is 18.9 Å². The Labute approximate surface area is 313 Å². The Morgan fingerprint density at radius 1 is 0.712 bits per heavy atom. The molecule has 5 rings (SSSR count). The van der Waals surface area contributed by atoms with Gasteiger partial charge < -0.3 is 18.4 Å². The van der Waals surface area contributed by atoms with Crippen molar-refractivity contribution in [1.82, 2.24) is 0 Å². The Balaban J connectivity index is 1.77. The van der Waals surface area contributed by atoms with E-state index in [2.05, 4.69) is 102 Å². The first-order chi connectivity index (χ1) is 24.5. The summed E-state index contributed by atoms with van der Waals surface area (Å²) in [6.45, 7) is 16.6. The van der Waals surface area contributed by atoms with Crippen molar-refractivity contribution in [3.8, 4) is 0 Å². The fourth-order valence-corrected chi connectivity index (χ4v) is 17.9. The van der Waals surface area contributed by atoms with E-state index in [-0.39, 0.29) is 18.3 Å². The van der Waals surface area contributed by atoms with Gasteiger partial charge in [-0.25, -0.2) is 0 Å².